The van der Waals surface area contributed by atoms with Crippen LogP contribution in [0.5, 0.6) is 0 Å². The fourth-order valence-corrected chi connectivity index (χ4v) is 7.38. The monoisotopic (exact) mass is 446 g/mol. The lowest BCUT2D eigenvalue weighted by atomic mass is 9.60. The standard InChI is InChI=1S/C29H50O3/c1-6-29(32,7-2)17-8-10-20(3)24-14-15-25-23(11-9-16-28(24,25)5)13-12-22-18-26(30)21(4)27(31)19-22/h12-13,20-21,24-27,30-32H,6-11,14-19H2,1-5H3/b22-12?,23-13+/t20-,21?,24?,25?,26+,27+,28+/m0/s1. The van der Waals surface area contributed by atoms with E-state index in [9.17, 15) is 15.3 Å². The lowest BCUT2D eigenvalue weighted by Crippen LogP contribution is -2.36. The molecular formula is C29H50O3. The van der Waals surface area contributed by atoms with Crippen LogP contribution in [0, 0.1) is 29.1 Å². The zero-order valence-corrected chi connectivity index (χ0v) is 21.4. The molecule has 3 nitrogen and oxygen atoms in total. The van der Waals surface area contributed by atoms with E-state index in [4.69, 9.17) is 0 Å². The van der Waals surface area contributed by atoms with E-state index in [0.717, 1.165) is 31.6 Å². The average Bonchev–Trinajstić information content (AvgIpc) is 3.13. The lowest BCUT2D eigenvalue weighted by molar-refractivity contribution is 0.00404. The van der Waals surface area contributed by atoms with Gasteiger partial charge < -0.3 is 15.3 Å². The third-order valence-corrected chi connectivity index (χ3v) is 10.0. The maximum atomic E-state index is 10.6. The van der Waals surface area contributed by atoms with Crippen molar-refractivity contribution < 1.29 is 15.3 Å². The minimum Gasteiger partial charge on any atom is -0.392 e. The van der Waals surface area contributed by atoms with E-state index in [1.54, 1.807) is 5.57 Å². The molecule has 3 aliphatic rings. The van der Waals surface area contributed by atoms with Crippen LogP contribution in [-0.4, -0.2) is 33.1 Å². The first-order valence-electron chi connectivity index (χ1n) is 13.6. The Morgan fingerprint density at radius 3 is 2.38 bits per heavy atom. The molecule has 0 bridgehead atoms. The van der Waals surface area contributed by atoms with Crippen molar-refractivity contribution in [2.45, 2.75) is 129 Å². The smallest absolute Gasteiger partial charge is 0.0642 e. The summed E-state index contributed by atoms with van der Waals surface area (Å²) in [6, 6.07) is 0. The van der Waals surface area contributed by atoms with E-state index in [-0.39, 0.29) is 5.92 Å². The first-order valence-corrected chi connectivity index (χ1v) is 13.6. The highest BCUT2D eigenvalue weighted by molar-refractivity contribution is 5.26. The molecular weight excluding hydrogens is 396 g/mol. The van der Waals surface area contributed by atoms with Crippen LogP contribution < -0.4 is 0 Å². The molecule has 0 aromatic heterocycles. The predicted molar refractivity (Wildman–Crippen MR) is 133 cm³/mol. The molecule has 0 spiro atoms. The first-order chi connectivity index (χ1) is 15.1. The number of rotatable bonds is 8. The topological polar surface area (TPSA) is 60.7 Å². The van der Waals surface area contributed by atoms with Gasteiger partial charge in [-0.25, -0.2) is 0 Å². The summed E-state index contributed by atoms with van der Waals surface area (Å²) >= 11 is 0. The number of hydrogen-bond acceptors (Lipinski definition) is 3. The van der Waals surface area contributed by atoms with Crippen molar-refractivity contribution in [2.24, 2.45) is 29.1 Å². The Kier molecular flexibility index (Phi) is 8.72. The van der Waals surface area contributed by atoms with Crippen LogP contribution in [0.1, 0.15) is 112 Å². The third kappa shape index (κ3) is 5.53. The van der Waals surface area contributed by atoms with Gasteiger partial charge in [-0.2, -0.15) is 0 Å². The van der Waals surface area contributed by atoms with Crippen molar-refractivity contribution in [3.63, 3.8) is 0 Å². The fraction of sp³-hybridized carbons (Fsp3) is 0.862. The van der Waals surface area contributed by atoms with Crippen molar-refractivity contribution in [3.05, 3.63) is 23.3 Å². The molecule has 0 saturated heterocycles. The molecule has 3 N–H and O–H groups in total. The molecule has 32 heavy (non-hydrogen) atoms. The number of fused-ring (bicyclic) bond motifs is 1. The van der Waals surface area contributed by atoms with E-state index in [2.05, 4.69) is 39.8 Å². The summed E-state index contributed by atoms with van der Waals surface area (Å²) in [6.45, 7) is 11.2. The van der Waals surface area contributed by atoms with Crippen LogP contribution in [0.25, 0.3) is 0 Å². The summed E-state index contributed by atoms with van der Waals surface area (Å²) in [5, 5.41) is 31.2. The molecule has 0 radical (unpaired) electrons. The quantitative estimate of drug-likeness (QED) is 0.395. The Balaban J connectivity index is 1.64. The minimum absolute atomic E-state index is 0.0273. The second kappa shape index (κ2) is 10.7. The third-order valence-electron chi connectivity index (χ3n) is 10.0. The van der Waals surface area contributed by atoms with Crippen molar-refractivity contribution in [1.82, 2.24) is 0 Å². The molecule has 6 atom stereocenters. The molecule has 3 fully saturated rings. The SMILES string of the molecule is CCC(O)(CC)CCC[C@H](C)C1CCC2/C(=C/C=C3C[C@@H](O)C(C)[C@H](O)C3)CCC[C@@]21C. The number of allylic oxidation sites excluding steroid dienone is 3. The van der Waals surface area contributed by atoms with Gasteiger partial charge in [-0.1, -0.05) is 70.8 Å². The van der Waals surface area contributed by atoms with Gasteiger partial charge in [0.25, 0.3) is 0 Å². The maximum Gasteiger partial charge on any atom is 0.0642 e. The molecule has 184 valence electrons. The molecule has 0 amide bonds. The van der Waals surface area contributed by atoms with Gasteiger partial charge in [-0.05, 0) is 87.4 Å². The molecule has 2 unspecified atom stereocenters. The predicted octanol–water partition coefficient (Wildman–Crippen LogP) is 6.56. The lowest BCUT2D eigenvalue weighted by Gasteiger charge is -2.44. The van der Waals surface area contributed by atoms with E-state index in [0.29, 0.717) is 30.1 Å². The highest BCUT2D eigenvalue weighted by atomic mass is 16.3. The van der Waals surface area contributed by atoms with E-state index in [1.807, 2.05) is 6.92 Å². The van der Waals surface area contributed by atoms with Crippen LogP contribution in [0.3, 0.4) is 0 Å². The number of aliphatic hydroxyl groups is 3. The van der Waals surface area contributed by atoms with Crippen LogP contribution in [0.4, 0.5) is 0 Å². The van der Waals surface area contributed by atoms with Crippen LogP contribution >= 0.6 is 0 Å². The van der Waals surface area contributed by atoms with E-state index in [1.165, 1.54) is 44.1 Å². The first kappa shape index (κ1) is 26.0. The zero-order valence-electron chi connectivity index (χ0n) is 21.4. The van der Waals surface area contributed by atoms with E-state index < -0.39 is 17.8 Å². The minimum atomic E-state index is -0.464. The van der Waals surface area contributed by atoms with Gasteiger partial charge in [0.2, 0.25) is 0 Å². The maximum absolute atomic E-state index is 10.6. The molecule has 0 aromatic carbocycles. The molecule has 3 saturated carbocycles. The number of aliphatic hydroxyl groups excluding tert-OH is 2. The van der Waals surface area contributed by atoms with Gasteiger partial charge >= 0.3 is 0 Å². The summed E-state index contributed by atoms with van der Waals surface area (Å²) < 4.78 is 0. The van der Waals surface area contributed by atoms with Crippen molar-refractivity contribution in [1.29, 1.82) is 0 Å². The van der Waals surface area contributed by atoms with Crippen molar-refractivity contribution in [2.75, 3.05) is 0 Å². The van der Waals surface area contributed by atoms with Crippen molar-refractivity contribution >= 4 is 0 Å². The second-order valence-electron chi connectivity index (χ2n) is 11.9. The Bertz CT molecular complexity index is 662. The molecule has 3 heteroatoms. The highest BCUT2D eigenvalue weighted by Crippen LogP contribution is 2.60. The van der Waals surface area contributed by atoms with Gasteiger partial charge in [-0.15, -0.1) is 0 Å². The summed E-state index contributed by atoms with van der Waals surface area (Å²) in [5.74, 6) is 2.15. The molecule has 3 rings (SSSR count). The summed E-state index contributed by atoms with van der Waals surface area (Å²) in [7, 11) is 0. The van der Waals surface area contributed by atoms with Crippen molar-refractivity contribution in [3.8, 4) is 0 Å². The van der Waals surface area contributed by atoms with Crippen LogP contribution in [0.2, 0.25) is 0 Å². The fourth-order valence-electron chi connectivity index (χ4n) is 7.38. The largest absolute Gasteiger partial charge is 0.392 e. The number of hydrogen-bond donors (Lipinski definition) is 3. The Morgan fingerprint density at radius 1 is 1.09 bits per heavy atom. The summed E-state index contributed by atoms with van der Waals surface area (Å²) in [4.78, 5) is 0. The second-order valence-corrected chi connectivity index (χ2v) is 11.9. The van der Waals surface area contributed by atoms with Gasteiger partial charge in [0, 0.05) is 5.92 Å². The van der Waals surface area contributed by atoms with Gasteiger partial charge in [0.1, 0.15) is 0 Å². The van der Waals surface area contributed by atoms with Crippen LogP contribution in [-0.2, 0) is 0 Å². The van der Waals surface area contributed by atoms with Gasteiger partial charge in [0.05, 0.1) is 17.8 Å². The van der Waals surface area contributed by atoms with Crippen LogP contribution in [0.15, 0.2) is 23.3 Å². The Hall–Kier alpha value is -0.640. The summed E-state index contributed by atoms with van der Waals surface area (Å²) in [6.07, 6.45) is 16.6. The normalized spacial score (nSPS) is 38.1. The highest BCUT2D eigenvalue weighted by Gasteiger charge is 2.50. The molecule has 0 heterocycles. The molecule has 0 aromatic rings. The Labute approximate surface area is 197 Å². The average molecular weight is 447 g/mol. The molecule has 0 aliphatic heterocycles. The van der Waals surface area contributed by atoms with E-state index >= 15 is 0 Å². The summed E-state index contributed by atoms with van der Waals surface area (Å²) in [5.41, 5.74) is 2.74. The molecule has 3 aliphatic carbocycles. The van der Waals surface area contributed by atoms with Gasteiger partial charge in [0.15, 0.2) is 0 Å². The van der Waals surface area contributed by atoms with Gasteiger partial charge in [-0.3, -0.25) is 0 Å². The zero-order chi connectivity index (χ0) is 23.5. The Morgan fingerprint density at radius 2 is 1.75 bits per heavy atom.